The number of thiazole rings is 1. The molecule has 1 aliphatic rings. The van der Waals surface area contributed by atoms with Crippen molar-refractivity contribution in [2.24, 2.45) is 0 Å². The third kappa shape index (κ3) is 2.93. The fraction of sp³-hybridized carbons (Fsp3) is 0.385. The fourth-order valence-corrected chi connectivity index (χ4v) is 2.74. The monoisotopic (exact) mass is 289 g/mol. The van der Waals surface area contributed by atoms with Crippen LogP contribution in [0.15, 0.2) is 24.0 Å². The minimum absolute atomic E-state index is 0.249. The summed E-state index contributed by atoms with van der Waals surface area (Å²) in [5.74, 6) is 0.574. The third-order valence-electron chi connectivity index (χ3n) is 3.22. The van der Waals surface area contributed by atoms with E-state index in [2.05, 4.69) is 25.2 Å². The first-order valence-corrected chi connectivity index (χ1v) is 7.49. The molecule has 1 saturated heterocycles. The predicted octanol–water partition coefficient (Wildman–Crippen LogP) is 2.18. The van der Waals surface area contributed by atoms with Gasteiger partial charge in [0.15, 0.2) is 5.13 Å². The Hall–Kier alpha value is -2.02. The highest BCUT2D eigenvalue weighted by molar-refractivity contribution is 7.13. The predicted molar refractivity (Wildman–Crippen MR) is 78.2 cm³/mol. The van der Waals surface area contributed by atoms with Crippen molar-refractivity contribution in [2.75, 3.05) is 23.3 Å². The summed E-state index contributed by atoms with van der Waals surface area (Å²) in [6.45, 7) is 1.98. The Bertz CT molecular complexity index is 580. The topological polar surface area (TPSA) is 71.0 Å². The molecule has 2 aromatic rings. The Kier molecular flexibility index (Phi) is 3.87. The second-order valence-corrected chi connectivity index (χ2v) is 5.50. The number of hydrogen-bond donors (Lipinski definition) is 1. The minimum Gasteiger partial charge on any atom is -0.357 e. The molecule has 7 heteroatoms. The quantitative estimate of drug-likeness (QED) is 0.937. The van der Waals surface area contributed by atoms with Gasteiger partial charge in [-0.1, -0.05) is 0 Å². The van der Waals surface area contributed by atoms with Gasteiger partial charge in [0.2, 0.25) is 0 Å². The van der Waals surface area contributed by atoms with E-state index in [0.29, 0.717) is 10.8 Å². The molecule has 6 nitrogen and oxygen atoms in total. The van der Waals surface area contributed by atoms with Gasteiger partial charge in [-0.25, -0.2) is 15.0 Å². The maximum absolute atomic E-state index is 12.1. The average Bonchev–Trinajstić information content (AvgIpc) is 3.01. The lowest BCUT2D eigenvalue weighted by molar-refractivity contribution is 0.102. The van der Waals surface area contributed by atoms with Crippen LogP contribution < -0.4 is 10.2 Å². The molecule has 0 unspecified atom stereocenters. The van der Waals surface area contributed by atoms with Gasteiger partial charge in [0.25, 0.3) is 5.91 Å². The van der Waals surface area contributed by atoms with Crippen LogP contribution >= 0.6 is 11.3 Å². The summed E-state index contributed by atoms with van der Waals surface area (Å²) >= 11 is 1.38. The van der Waals surface area contributed by atoms with Gasteiger partial charge in [-0.05, 0) is 19.3 Å². The number of piperidine rings is 1. The van der Waals surface area contributed by atoms with Crippen LogP contribution in [0.4, 0.5) is 10.9 Å². The van der Waals surface area contributed by atoms with Crippen LogP contribution in [0.3, 0.4) is 0 Å². The smallest absolute Gasteiger partial charge is 0.276 e. The van der Waals surface area contributed by atoms with Crippen LogP contribution in [0.1, 0.15) is 29.8 Å². The van der Waals surface area contributed by atoms with Gasteiger partial charge in [0.05, 0.1) is 0 Å². The standard InChI is InChI=1S/C13H15N5OS/c19-12(17-13-14-4-7-20-13)10-8-11(16-9-15-10)18-5-2-1-3-6-18/h4,7-9H,1-3,5-6H2,(H,14,17,19). The van der Waals surface area contributed by atoms with Crippen LogP contribution in [0.25, 0.3) is 0 Å². The second kappa shape index (κ2) is 5.96. The highest BCUT2D eigenvalue weighted by Crippen LogP contribution is 2.18. The maximum atomic E-state index is 12.1. The molecule has 0 saturated carbocycles. The molecule has 2 aromatic heterocycles. The van der Waals surface area contributed by atoms with Crippen molar-refractivity contribution in [2.45, 2.75) is 19.3 Å². The molecule has 0 bridgehead atoms. The van der Waals surface area contributed by atoms with Crippen molar-refractivity contribution in [3.8, 4) is 0 Å². The van der Waals surface area contributed by atoms with Gasteiger partial charge in [-0.2, -0.15) is 0 Å². The molecule has 1 amide bonds. The molecule has 104 valence electrons. The van der Waals surface area contributed by atoms with Gasteiger partial charge < -0.3 is 4.90 Å². The average molecular weight is 289 g/mol. The van der Waals surface area contributed by atoms with E-state index in [0.717, 1.165) is 18.9 Å². The van der Waals surface area contributed by atoms with E-state index < -0.39 is 0 Å². The number of amides is 1. The van der Waals surface area contributed by atoms with E-state index in [9.17, 15) is 4.79 Å². The highest BCUT2D eigenvalue weighted by atomic mass is 32.1. The third-order valence-corrected chi connectivity index (χ3v) is 3.91. The number of aromatic nitrogens is 3. The molecule has 1 N–H and O–H groups in total. The molecule has 0 radical (unpaired) electrons. The molecule has 0 aromatic carbocycles. The molecule has 0 atom stereocenters. The number of rotatable bonds is 3. The maximum Gasteiger partial charge on any atom is 0.276 e. The SMILES string of the molecule is O=C(Nc1nccs1)c1cc(N2CCCCC2)ncn1. The fourth-order valence-electron chi connectivity index (χ4n) is 2.21. The number of hydrogen-bond acceptors (Lipinski definition) is 6. The zero-order valence-electron chi connectivity index (χ0n) is 11.0. The Balaban J connectivity index is 1.74. The summed E-state index contributed by atoms with van der Waals surface area (Å²) in [4.78, 5) is 26.6. The van der Waals surface area contributed by atoms with Crippen LogP contribution in [-0.2, 0) is 0 Å². The molecular weight excluding hydrogens is 274 g/mol. The number of anilines is 2. The summed E-state index contributed by atoms with van der Waals surface area (Å²) in [5, 5.41) is 5.12. The minimum atomic E-state index is -0.249. The van der Waals surface area contributed by atoms with Crippen molar-refractivity contribution in [1.82, 2.24) is 15.0 Å². The summed E-state index contributed by atoms with van der Waals surface area (Å²) in [6.07, 6.45) is 6.70. The van der Waals surface area contributed by atoms with E-state index in [1.165, 1.54) is 36.9 Å². The van der Waals surface area contributed by atoms with E-state index >= 15 is 0 Å². The zero-order chi connectivity index (χ0) is 13.8. The van der Waals surface area contributed by atoms with Gasteiger partial charge >= 0.3 is 0 Å². The van der Waals surface area contributed by atoms with Crippen molar-refractivity contribution in [1.29, 1.82) is 0 Å². The number of nitrogens with one attached hydrogen (secondary N) is 1. The lowest BCUT2D eigenvalue weighted by Crippen LogP contribution is -2.30. The normalized spacial score (nSPS) is 15.1. The number of carbonyl (C=O) groups excluding carboxylic acids is 1. The molecule has 20 heavy (non-hydrogen) atoms. The van der Waals surface area contributed by atoms with Gasteiger partial charge in [-0.3, -0.25) is 10.1 Å². The zero-order valence-corrected chi connectivity index (χ0v) is 11.8. The summed E-state index contributed by atoms with van der Waals surface area (Å²) in [5.41, 5.74) is 0.371. The van der Waals surface area contributed by atoms with Crippen molar-refractivity contribution in [3.63, 3.8) is 0 Å². The van der Waals surface area contributed by atoms with E-state index in [1.807, 2.05) is 5.38 Å². The highest BCUT2D eigenvalue weighted by Gasteiger charge is 2.15. The van der Waals surface area contributed by atoms with Crippen LogP contribution in [0, 0.1) is 0 Å². The lowest BCUT2D eigenvalue weighted by Gasteiger charge is -2.27. The first kappa shape index (κ1) is 13.0. The second-order valence-electron chi connectivity index (χ2n) is 4.60. The van der Waals surface area contributed by atoms with Crippen LogP contribution in [0.5, 0.6) is 0 Å². The summed E-state index contributed by atoms with van der Waals surface area (Å²) < 4.78 is 0. The molecule has 0 aliphatic carbocycles. The first-order valence-electron chi connectivity index (χ1n) is 6.61. The molecule has 0 spiro atoms. The number of carbonyl (C=O) groups is 1. The van der Waals surface area contributed by atoms with Crippen molar-refractivity contribution >= 4 is 28.2 Å². The van der Waals surface area contributed by atoms with Gasteiger partial charge in [-0.15, -0.1) is 11.3 Å². The molecule has 1 fully saturated rings. The Morgan fingerprint density at radius 2 is 2.05 bits per heavy atom. The molecule has 3 heterocycles. The Labute approximate surface area is 120 Å². The van der Waals surface area contributed by atoms with E-state index in [1.54, 1.807) is 12.3 Å². The molecule has 3 rings (SSSR count). The number of nitrogens with zero attached hydrogens (tertiary/aromatic N) is 4. The van der Waals surface area contributed by atoms with E-state index in [4.69, 9.17) is 0 Å². The largest absolute Gasteiger partial charge is 0.357 e. The lowest BCUT2D eigenvalue weighted by atomic mass is 10.1. The molecule has 1 aliphatic heterocycles. The summed E-state index contributed by atoms with van der Waals surface area (Å²) in [7, 11) is 0. The Morgan fingerprint density at radius 1 is 1.20 bits per heavy atom. The van der Waals surface area contributed by atoms with Gasteiger partial charge in [0, 0.05) is 30.7 Å². The Morgan fingerprint density at radius 3 is 2.80 bits per heavy atom. The van der Waals surface area contributed by atoms with Crippen LogP contribution in [0.2, 0.25) is 0 Å². The van der Waals surface area contributed by atoms with Gasteiger partial charge in [0.1, 0.15) is 17.8 Å². The summed E-state index contributed by atoms with van der Waals surface area (Å²) in [6, 6.07) is 1.74. The van der Waals surface area contributed by atoms with E-state index in [-0.39, 0.29) is 5.91 Å². The van der Waals surface area contributed by atoms with Crippen LogP contribution in [-0.4, -0.2) is 33.9 Å². The molecular formula is C13H15N5OS. The van der Waals surface area contributed by atoms with Crippen molar-refractivity contribution in [3.05, 3.63) is 29.7 Å². The van der Waals surface area contributed by atoms with Crippen molar-refractivity contribution < 1.29 is 4.79 Å². The first-order chi connectivity index (χ1) is 9.83.